The molecule has 2 aliphatic rings. The number of carbonyl (C=O) groups is 2. The summed E-state index contributed by atoms with van der Waals surface area (Å²) in [5.74, 6) is -1.66. The van der Waals surface area contributed by atoms with Crippen molar-refractivity contribution in [2.75, 3.05) is 5.32 Å². The van der Waals surface area contributed by atoms with E-state index in [2.05, 4.69) is 20.5 Å². The Morgan fingerprint density at radius 3 is 2.96 bits per heavy atom. The number of aliphatic hydroxyl groups is 1. The summed E-state index contributed by atoms with van der Waals surface area (Å²) in [6.45, 7) is 0. The minimum absolute atomic E-state index is 0.100. The Kier molecular flexibility index (Phi) is 4.14. The third-order valence-corrected chi connectivity index (χ3v) is 4.10. The molecule has 2 aliphatic carbocycles. The Hall–Kier alpha value is -2.64. The molecule has 1 fully saturated rings. The highest BCUT2D eigenvalue weighted by atomic mass is 19.1. The summed E-state index contributed by atoms with van der Waals surface area (Å²) in [4.78, 5) is 27.7. The number of ketones is 1. The van der Waals surface area contributed by atoms with Crippen molar-refractivity contribution >= 4 is 17.5 Å². The number of urea groups is 1. The largest absolute Gasteiger partial charge is 0.510 e. The summed E-state index contributed by atoms with van der Waals surface area (Å²) in [6.07, 6.45) is 2.72. The number of Topliss-reactive ketones (excluding diaryl/α,β-unsaturated/α-hetero) is 1. The van der Waals surface area contributed by atoms with Crippen molar-refractivity contribution in [1.29, 1.82) is 0 Å². The second-order valence-corrected chi connectivity index (χ2v) is 5.59. The monoisotopic (exact) mass is 318 g/mol. The van der Waals surface area contributed by atoms with E-state index < -0.39 is 24.0 Å². The summed E-state index contributed by atoms with van der Waals surface area (Å²) in [5.41, 5.74) is 0.191. The van der Waals surface area contributed by atoms with Crippen LogP contribution in [0.5, 0.6) is 0 Å². The molecule has 1 heterocycles. The van der Waals surface area contributed by atoms with Crippen LogP contribution in [-0.4, -0.2) is 28.1 Å². The number of nitrogens with zero attached hydrogens (tertiary/aromatic N) is 3. The Labute approximate surface area is 131 Å². The fourth-order valence-electron chi connectivity index (χ4n) is 2.99. The molecule has 1 saturated carbocycles. The Bertz CT molecular complexity index is 689. The molecule has 0 bridgehead atoms. The van der Waals surface area contributed by atoms with Gasteiger partial charge in [-0.05, 0) is 31.4 Å². The second-order valence-electron chi connectivity index (χ2n) is 5.59. The molecular formula is C15H15FN4O3. The van der Waals surface area contributed by atoms with Gasteiger partial charge in [-0.15, -0.1) is 5.11 Å². The Morgan fingerprint density at radius 2 is 2.22 bits per heavy atom. The van der Waals surface area contributed by atoms with Gasteiger partial charge in [0.25, 0.3) is 0 Å². The summed E-state index contributed by atoms with van der Waals surface area (Å²) in [7, 11) is 0. The molecule has 0 saturated heterocycles. The van der Waals surface area contributed by atoms with Crippen molar-refractivity contribution in [3.8, 4) is 0 Å². The number of fused-ring (bicyclic) bond motifs is 1. The zero-order valence-electron chi connectivity index (χ0n) is 12.1. The van der Waals surface area contributed by atoms with Gasteiger partial charge in [-0.2, -0.15) is 0 Å². The molecule has 2 amide bonds. The molecule has 3 atom stereocenters. The van der Waals surface area contributed by atoms with Crippen LogP contribution < -0.4 is 5.32 Å². The van der Waals surface area contributed by atoms with E-state index in [0.29, 0.717) is 18.5 Å². The van der Waals surface area contributed by atoms with Crippen LogP contribution in [0.1, 0.15) is 19.3 Å². The number of aromatic nitrogens is 1. The molecule has 0 aliphatic heterocycles. The van der Waals surface area contributed by atoms with Crippen LogP contribution in [0.15, 0.2) is 46.2 Å². The van der Waals surface area contributed by atoms with Gasteiger partial charge in [0, 0.05) is 18.0 Å². The number of amides is 2. The number of pyridine rings is 1. The molecular weight excluding hydrogens is 303 g/mol. The maximum atomic E-state index is 13.4. The van der Waals surface area contributed by atoms with E-state index in [9.17, 15) is 19.1 Å². The van der Waals surface area contributed by atoms with Crippen molar-refractivity contribution in [1.82, 2.24) is 4.98 Å². The number of alkyl halides is 1. The molecule has 7 nitrogen and oxygen atoms in total. The van der Waals surface area contributed by atoms with Gasteiger partial charge >= 0.3 is 6.03 Å². The van der Waals surface area contributed by atoms with Crippen LogP contribution in [0.2, 0.25) is 0 Å². The highest BCUT2D eigenvalue weighted by Gasteiger charge is 2.46. The average Bonchev–Trinajstić information content (AvgIpc) is 2.77. The molecule has 0 spiro atoms. The van der Waals surface area contributed by atoms with Crippen molar-refractivity contribution in [2.24, 2.45) is 22.1 Å². The lowest BCUT2D eigenvalue weighted by atomic mass is 9.79. The molecule has 0 radical (unpaired) electrons. The van der Waals surface area contributed by atoms with E-state index in [4.69, 9.17) is 0 Å². The highest BCUT2D eigenvalue weighted by molar-refractivity contribution is 6.00. The van der Waals surface area contributed by atoms with Crippen molar-refractivity contribution in [3.05, 3.63) is 36.0 Å². The first-order chi connectivity index (χ1) is 11.1. The zero-order chi connectivity index (χ0) is 16.4. The molecule has 8 heteroatoms. The number of rotatable bonds is 2. The van der Waals surface area contributed by atoms with Crippen LogP contribution in [0.4, 0.5) is 14.9 Å². The third kappa shape index (κ3) is 3.10. The maximum Gasteiger partial charge on any atom is 0.364 e. The number of allylic oxidation sites excluding steroid dienone is 2. The van der Waals surface area contributed by atoms with Gasteiger partial charge in [0.2, 0.25) is 0 Å². The van der Waals surface area contributed by atoms with Crippen LogP contribution in [0.3, 0.4) is 0 Å². The predicted molar refractivity (Wildman–Crippen MR) is 78.5 cm³/mol. The van der Waals surface area contributed by atoms with Gasteiger partial charge in [0.15, 0.2) is 11.5 Å². The number of hydrogen-bond donors (Lipinski definition) is 2. The van der Waals surface area contributed by atoms with Crippen molar-refractivity contribution < 1.29 is 19.1 Å². The summed E-state index contributed by atoms with van der Waals surface area (Å²) < 4.78 is 13.4. The fourth-order valence-corrected chi connectivity index (χ4v) is 2.99. The number of azo groups is 1. The second kappa shape index (κ2) is 6.23. The first-order valence-corrected chi connectivity index (χ1v) is 7.30. The molecule has 23 heavy (non-hydrogen) atoms. The quantitative estimate of drug-likeness (QED) is 0.817. The van der Waals surface area contributed by atoms with Gasteiger partial charge < -0.3 is 10.4 Å². The normalized spacial score (nSPS) is 27.3. The average molecular weight is 318 g/mol. The first kappa shape index (κ1) is 15.3. The van der Waals surface area contributed by atoms with E-state index >= 15 is 0 Å². The molecule has 1 aromatic rings. The van der Waals surface area contributed by atoms with E-state index in [0.717, 1.165) is 0 Å². The standard InChI is InChI=1S/C15H15FN4O3/c16-8-3-4-10-11(6-8)14(22)12(13(10)21)19-20-15(23)18-9-2-1-5-17-7-9/h1-2,5,7-8,10-11,22H,3-4,6H2,(H,18,23). The predicted octanol–water partition coefficient (Wildman–Crippen LogP) is 3.17. The topological polar surface area (TPSA) is 104 Å². The molecule has 3 unspecified atom stereocenters. The summed E-state index contributed by atoms with van der Waals surface area (Å²) in [5, 5.41) is 19.5. The smallest absolute Gasteiger partial charge is 0.364 e. The van der Waals surface area contributed by atoms with Crippen LogP contribution >= 0.6 is 0 Å². The molecule has 1 aromatic heterocycles. The molecule has 0 aromatic carbocycles. The molecule has 3 rings (SSSR count). The molecule has 120 valence electrons. The van der Waals surface area contributed by atoms with E-state index in [1.54, 1.807) is 18.3 Å². The van der Waals surface area contributed by atoms with Crippen LogP contribution in [0, 0.1) is 11.8 Å². The summed E-state index contributed by atoms with van der Waals surface area (Å²) in [6, 6.07) is 2.47. The lowest BCUT2D eigenvalue weighted by Gasteiger charge is -2.26. The number of hydrogen-bond acceptors (Lipinski definition) is 5. The number of aliphatic hydroxyl groups excluding tert-OH is 1. The first-order valence-electron chi connectivity index (χ1n) is 7.30. The van der Waals surface area contributed by atoms with Crippen LogP contribution in [-0.2, 0) is 4.79 Å². The lowest BCUT2D eigenvalue weighted by molar-refractivity contribution is -0.120. The summed E-state index contributed by atoms with van der Waals surface area (Å²) >= 11 is 0. The zero-order valence-corrected chi connectivity index (χ0v) is 12.1. The van der Waals surface area contributed by atoms with Crippen molar-refractivity contribution in [2.45, 2.75) is 25.4 Å². The lowest BCUT2D eigenvalue weighted by Crippen LogP contribution is -2.27. The SMILES string of the molecule is O=C(N=NC1=C(O)C2CC(F)CCC2C1=O)Nc1cccnc1. The van der Waals surface area contributed by atoms with Gasteiger partial charge in [-0.1, -0.05) is 5.11 Å². The van der Waals surface area contributed by atoms with Gasteiger partial charge in [-0.3, -0.25) is 9.78 Å². The number of anilines is 1. The maximum absolute atomic E-state index is 13.4. The van der Waals surface area contributed by atoms with E-state index in [1.165, 1.54) is 6.20 Å². The minimum atomic E-state index is -1.03. The number of carbonyl (C=O) groups excluding carboxylic acids is 2. The Morgan fingerprint density at radius 1 is 1.39 bits per heavy atom. The van der Waals surface area contributed by atoms with Gasteiger partial charge in [-0.25, -0.2) is 9.18 Å². The minimum Gasteiger partial charge on any atom is -0.510 e. The number of halogens is 1. The van der Waals surface area contributed by atoms with E-state index in [-0.39, 0.29) is 23.7 Å². The molecule has 2 N–H and O–H groups in total. The third-order valence-electron chi connectivity index (χ3n) is 4.10. The highest BCUT2D eigenvalue weighted by Crippen LogP contribution is 2.43. The van der Waals surface area contributed by atoms with Gasteiger partial charge in [0.05, 0.1) is 11.9 Å². The van der Waals surface area contributed by atoms with Crippen molar-refractivity contribution in [3.63, 3.8) is 0 Å². The fraction of sp³-hybridized carbons (Fsp3) is 0.400. The number of nitrogens with one attached hydrogen (secondary N) is 1. The van der Waals surface area contributed by atoms with Gasteiger partial charge in [0.1, 0.15) is 11.9 Å². The Balaban J connectivity index is 1.71. The van der Waals surface area contributed by atoms with E-state index in [1.807, 2.05) is 0 Å². The van der Waals surface area contributed by atoms with Crippen LogP contribution in [0.25, 0.3) is 0 Å².